The smallest absolute Gasteiger partial charge is 0.268 e. The molecule has 18 heavy (non-hydrogen) atoms. The molecule has 0 aliphatic rings. The van der Waals surface area contributed by atoms with Gasteiger partial charge in [-0.2, -0.15) is 0 Å². The zero-order valence-corrected chi connectivity index (χ0v) is 9.84. The molecule has 1 amide bonds. The number of hydrogen-bond acceptors (Lipinski definition) is 5. The molecule has 3 N–H and O–H groups in total. The Morgan fingerprint density at radius 2 is 2.39 bits per heavy atom. The number of hydrogen-bond donors (Lipinski definition) is 2. The van der Waals surface area contributed by atoms with E-state index < -0.39 is 5.91 Å². The summed E-state index contributed by atoms with van der Waals surface area (Å²) < 4.78 is 10.7. The topological polar surface area (TPSA) is 90.4 Å². The lowest BCUT2D eigenvalue weighted by atomic mass is 10.2. The number of nitrogens with zero attached hydrogens (tertiary/aromatic N) is 1. The molecule has 0 saturated carbocycles. The van der Waals surface area contributed by atoms with Crippen molar-refractivity contribution in [2.24, 2.45) is 5.84 Å². The van der Waals surface area contributed by atoms with Crippen LogP contribution in [-0.4, -0.2) is 10.9 Å². The minimum Gasteiger partial charge on any atom is -0.484 e. The first-order valence-corrected chi connectivity index (χ1v) is 5.34. The van der Waals surface area contributed by atoms with Gasteiger partial charge in [0, 0.05) is 6.20 Å². The molecule has 2 aromatic rings. The fraction of sp³-hybridized carbons (Fsp3) is 0.167. The summed E-state index contributed by atoms with van der Waals surface area (Å²) in [6.07, 6.45) is 3.10. The molecule has 0 spiro atoms. The zero-order valence-electron chi connectivity index (χ0n) is 9.84. The van der Waals surface area contributed by atoms with Gasteiger partial charge in [-0.1, -0.05) is 0 Å². The number of carbonyl (C=O) groups excluding carboxylic acids is 1. The predicted molar refractivity (Wildman–Crippen MR) is 63.7 cm³/mol. The van der Waals surface area contributed by atoms with Crippen molar-refractivity contribution >= 4 is 5.91 Å². The molecule has 0 aromatic carbocycles. The summed E-state index contributed by atoms with van der Waals surface area (Å²) in [4.78, 5) is 15.5. The third kappa shape index (κ3) is 2.49. The van der Waals surface area contributed by atoms with Crippen molar-refractivity contribution in [3.05, 3.63) is 47.7 Å². The molecule has 94 valence electrons. The van der Waals surface area contributed by atoms with E-state index in [0.29, 0.717) is 17.1 Å². The van der Waals surface area contributed by atoms with Gasteiger partial charge >= 0.3 is 0 Å². The van der Waals surface area contributed by atoms with E-state index in [2.05, 4.69) is 10.4 Å². The zero-order chi connectivity index (χ0) is 13.0. The third-order valence-electron chi connectivity index (χ3n) is 2.44. The number of furan rings is 1. The molecule has 2 aromatic heterocycles. The number of nitrogen functional groups attached to an aromatic ring is 1. The number of ether oxygens (including phenoxy) is 1. The molecule has 0 radical (unpaired) electrons. The second kappa shape index (κ2) is 5.33. The number of aryl methyl sites for hydroxylation is 1. The van der Waals surface area contributed by atoms with E-state index in [0.717, 1.165) is 5.69 Å². The van der Waals surface area contributed by atoms with Gasteiger partial charge in [-0.25, -0.2) is 5.84 Å². The molecule has 0 aliphatic heterocycles. The monoisotopic (exact) mass is 247 g/mol. The first-order valence-electron chi connectivity index (χ1n) is 5.34. The van der Waals surface area contributed by atoms with Gasteiger partial charge in [-0.15, -0.1) is 0 Å². The number of hydrazine groups is 1. The Hall–Kier alpha value is -2.34. The first-order chi connectivity index (χ1) is 8.72. The number of amides is 1. The average Bonchev–Trinajstić information content (AvgIpc) is 2.85. The van der Waals surface area contributed by atoms with Crippen LogP contribution in [0.3, 0.4) is 0 Å². The van der Waals surface area contributed by atoms with E-state index >= 15 is 0 Å². The lowest BCUT2D eigenvalue weighted by Gasteiger charge is -2.07. The highest BCUT2D eigenvalue weighted by Crippen LogP contribution is 2.17. The van der Waals surface area contributed by atoms with Gasteiger partial charge in [0.15, 0.2) is 5.76 Å². The Labute approximate surface area is 104 Å². The third-order valence-corrected chi connectivity index (χ3v) is 2.44. The minimum atomic E-state index is -0.412. The second-order valence-corrected chi connectivity index (χ2v) is 3.61. The molecule has 0 saturated heterocycles. The molecule has 0 atom stereocenters. The van der Waals surface area contributed by atoms with Crippen LogP contribution in [0.4, 0.5) is 0 Å². The molecule has 0 bridgehead atoms. The molecule has 0 fully saturated rings. The van der Waals surface area contributed by atoms with Gasteiger partial charge < -0.3 is 9.15 Å². The largest absolute Gasteiger partial charge is 0.484 e. The Balaban J connectivity index is 2.09. The number of aromatic nitrogens is 1. The summed E-state index contributed by atoms with van der Waals surface area (Å²) in [7, 11) is 0. The van der Waals surface area contributed by atoms with Crippen LogP contribution in [0.5, 0.6) is 5.75 Å². The molecule has 0 unspecified atom stereocenters. The van der Waals surface area contributed by atoms with Crippen molar-refractivity contribution in [2.45, 2.75) is 13.5 Å². The maximum absolute atomic E-state index is 11.4. The van der Waals surface area contributed by atoms with E-state index in [-0.39, 0.29) is 6.61 Å². The summed E-state index contributed by atoms with van der Waals surface area (Å²) >= 11 is 0. The van der Waals surface area contributed by atoms with Crippen molar-refractivity contribution < 1.29 is 13.9 Å². The van der Waals surface area contributed by atoms with Crippen LogP contribution in [0.1, 0.15) is 21.8 Å². The molecule has 6 heteroatoms. The van der Waals surface area contributed by atoms with Crippen LogP contribution >= 0.6 is 0 Å². The Kier molecular flexibility index (Phi) is 3.59. The highest BCUT2D eigenvalue weighted by Gasteiger charge is 2.14. The number of nitrogens with two attached hydrogens (primary N) is 1. The fourth-order valence-corrected chi connectivity index (χ4v) is 1.50. The van der Waals surface area contributed by atoms with Crippen molar-refractivity contribution in [3.63, 3.8) is 0 Å². The summed E-state index contributed by atoms with van der Waals surface area (Å²) in [5.74, 6) is 5.72. The summed E-state index contributed by atoms with van der Waals surface area (Å²) in [6, 6.07) is 5.11. The Bertz CT molecular complexity index is 551. The van der Waals surface area contributed by atoms with Gasteiger partial charge in [0.1, 0.15) is 12.4 Å². The maximum Gasteiger partial charge on any atom is 0.268 e. The number of pyridine rings is 1. The van der Waals surface area contributed by atoms with E-state index in [1.807, 2.05) is 6.92 Å². The standard InChI is InChI=1S/C12H13N3O3/c1-8-10(3-2-5-14-8)18-7-11-9(4-6-17-11)12(16)15-13/h2-6H,7,13H2,1H3,(H,15,16). The SMILES string of the molecule is Cc1ncccc1OCc1occc1C(=O)NN. The van der Waals surface area contributed by atoms with Gasteiger partial charge in [0.05, 0.1) is 17.5 Å². The van der Waals surface area contributed by atoms with E-state index in [1.165, 1.54) is 12.3 Å². The average molecular weight is 247 g/mol. The van der Waals surface area contributed by atoms with Gasteiger partial charge in [-0.3, -0.25) is 15.2 Å². The molecule has 2 heterocycles. The fourth-order valence-electron chi connectivity index (χ4n) is 1.50. The normalized spacial score (nSPS) is 10.1. The van der Waals surface area contributed by atoms with Crippen molar-refractivity contribution in [2.75, 3.05) is 0 Å². The van der Waals surface area contributed by atoms with Crippen LogP contribution in [0, 0.1) is 6.92 Å². The number of carbonyl (C=O) groups is 1. The van der Waals surface area contributed by atoms with Crippen LogP contribution < -0.4 is 16.0 Å². The van der Waals surface area contributed by atoms with Crippen molar-refractivity contribution in [1.82, 2.24) is 10.4 Å². The highest BCUT2D eigenvalue weighted by molar-refractivity contribution is 5.94. The van der Waals surface area contributed by atoms with Crippen LogP contribution in [0.15, 0.2) is 35.1 Å². The first kappa shape index (κ1) is 12.1. The van der Waals surface area contributed by atoms with E-state index in [4.69, 9.17) is 15.0 Å². The summed E-state index contributed by atoms with van der Waals surface area (Å²) in [6.45, 7) is 1.98. The quantitative estimate of drug-likeness (QED) is 0.480. The van der Waals surface area contributed by atoms with Crippen LogP contribution in [0.2, 0.25) is 0 Å². The molecule has 6 nitrogen and oxygen atoms in total. The highest BCUT2D eigenvalue weighted by atomic mass is 16.5. The van der Waals surface area contributed by atoms with Crippen LogP contribution in [-0.2, 0) is 6.61 Å². The van der Waals surface area contributed by atoms with Gasteiger partial charge in [0.25, 0.3) is 5.91 Å². The van der Waals surface area contributed by atoms with Gasteiger partial charge in [0.2, 0.25) is 0 Å². The Morgan fingerprint density at radius 3 is 3.11 bits per heavy atom. The van der Waals surface area contributed by atoms with E-state index in [9.17, 15) is 4.79 Å². The maximum atomic E-state index is 11.4. The molecule has 0 aliphatic carbocycles. The number of rotatable bonds is 4. The summed E-state index contributed by atoms with van der Waals surface area (Å²) in [5.41, 5.74) is 3.18. The van der Waals surface area contributed by atoms with Crippen molar-refractivity contribution in [1.29, 1.82) is 0 Å². The number of nitrogens with one attached hydrogen (secondary N) is 1. The molecular formula is C12H13N3O3. The molecule has 2 rings (SSSR count). The second-order valence-electron chi connectivity index (χ2n) is 3.61. The van der Waals surface area contributed by atoms with Crippen molar-refractivity contribution in [3.8, 4) is 5.75 Å². The lowest BCUT2D eigenvalue weighted by Crippen LogP contribution is -2.30. The van der Waals surface area contributed by atoms with E-state index in [1.54, 1.807) is 18.3 Å². The minimum absolute atomic E-state index is 0.141. The molecular weight excluding hydrogens is 234 g/mol. The Morgan fingerprint density at radius 1 is 1.56 bits per heavy atom. The van der Waals surface area contributed by atoms with Gasteiger partial charge in [-0.05, 0) is 25.1 Å². The summed E-state index contributed by atoms with van der Waals surface area (Å²) in [5, 5.41) is 0. The van der Waals surface area contributed by atoms with Crippen LogP contribution in [0.25, 0.3) is 0 Å². The predicted octanol–water partition coefficient (Wildman–Crippen LogP) is 1.17. The lowest BCUT2D eigenvalue weighted by molar-refractivity contribution is 0.0949.